The van der Waals surface area contributed by atoms with Crippen LogP contribution < -0.4 is 15.4 Å². The summed E-state index contributed by atoms with van der Waals surface area (Å²) < 4.78 is 7.46. The molecular formula is C27H27N7O3. The minimum Gasteiger partial charge on any atom is -0.494 e. The average molecular weight is 498 g/mol. The largest absolute Gasteiger partial charge is 0.494 e. The molecule has 1 amide bonds. The number of H-pyrrole nitrogens is 1. The molecule has 0 saturated carbocycles. The molecule has 1 aliphatic heterocycles. The molecule has 1 aliphatic rings. The number of aryl methyl sites for hydroxylation is 1. The molecule has 0 bridgehead atoms. The molecule has 5 aromatic rings. The van der Waals surface area contributed by atoms with E-state index in [1.807, 2.05) is 31.4 Å². The van der Waals surface area contributed by atoms with Crippen molar-refractivity contribution < 1.29 is 14.6 Å². The number of aromatic nitrogens is 5. The average Bonchev–Trinajstić information content (AvgIpc) is 3.52. The Labute approximate surface area is 212 Å². The quantitative estimate of drug-likeness (QED) is 0.294. The van der Waals surface area contributed by atoms with E-state index in [2.05, 4.69) is 30.7 Å². The van der Waals surface area contributed by atoms with E-state index in [0.717, 1.165) is 50.9 Å². The van der Waals surface area contributed by atoms with E-state index in [9.17, 15) is 9.90 Å². The highest BCUT2D eigenvalue weighted by atomic mass is 16.5. The van der Waals surface area contributed by atoms with Gasteiger partial charge in [0.05, 0.1) is 49.1 Å². The minimum atomic E-state index is -0.549. The van der Waals surface area contributed by atoms with E-state index in [-0.39, 0.29) is 11.9 Å². The van der Waals surface area contributed by atoms with Gasteiger partial charge in [-0.25, -0.2) is 4.98 Å². The Morgan fingerprint density at radius 2 is 2.00 bits per heavy atom. The van der Waals surface area contributed by atoms with E-state index in [1.54, 1.807) is 42.5 Å². The smallest absolute Gasteiger partial charge is 0.251 e. The van der Waals surface area contributed by atoms with Gasteiger partial charge < -0.3 is 25.5 Å². The molecule has 0 radical (unpaired) electrons. The number of hydrogen-bond acceptors (Lipinski definition) is 7. The summed E-state index contributed by atoms with van der Waals surface area (Å²) in [4.78, 5) is 25.4. The molecule has 0 unspecified atom stereocenters. The summed E-state index contributed by atoms with van der Waals surface area (Å²) in [5, 5.41) is 22.5. The van der Waals surface area contributed by atoms with Crippen LogP contribution in [0.25, 0.3) is 44.3 Å². The molecule has 6 rings (SSSR count). The van der Waals surface area contributed by atoms with Gasteiger partial charge in [0.25, 0.3) is 5.91 Å². The molecule has 0 spiro atoms. The minimum absolute atomic E-state index is 0.217. The monoisotopic (exact) mass is 497 g/mol. The molecule has 10 heteroatoms. The van der Waals surface area contributed by atoms with Crippen molar-refractivity contribution in [1.29, 1.82) is 0 Å². The number of carbonyl (C=O) groups is 1. The first-order valence-corrected chi connectivity index (χ1v) is 12.2. The Kier molecular flexibility index (Phi) is 5.82. The van der Waals surface area contributed by atoms with Crippen molar-refractivity contribution in [2.45, 2.75) is 18.6 Å². The lowest BCUT2D eigenvalue weighted by Crippen LogP contribution is -2.53. The molecule has 37 heavy (non-hydrogen) atoms. The zero-order chi connectivity index (χ0) is 25.5. The van der Waals surface area contributed by atoms with Crippen molar-refractivity contribution in [2.24, 2.45) is 7.05 Å². The van der Waals surface area contributed by atoms with Crippen LogP contribution in [0.4, 0.5) is 0 Å². The first-order chi connectivity index (χ1) is 18.0. The fourth-order valence-corrected chi connectivity index (χ4v) is 4.92. The number of nitrogens with zero attached hydrogens (tertiary/aromatic N) is 4. The molecule has 4 N–H and O–H groups in total. The standard InChI is InChI=1S/C27H27N7O3/c1-34-14-17(10-31-34)19-9-18-20(12-29-19)32-26-25(18)24(23(37-2)13-30-26)15-3-5-16(6-4-15)27(36)33-21-11-28-8-7-22(21)35/h3-6,9-10,12-14,21-22,28,35H,7-8,11H2,1-2H3,(H,30,32)(H,33,36)/t21-,22+/m0/s1. The van der Waals surface area contributed by atoms with E-state index in [4.69, 9.17) is 4.74 Å². The number of nitrogens with one attached hydrogen (secondary N) is 3. The van der Waals surface area contributed by atoms with Crippen LogP contribution in [0.5, 0.6) is 5.75 Å². The number of amides is 1. The van der Waals surface area contributed by atoms with Gasteiger partial charge in [-0.15, -0.1) is 0 Å². The van der Waals surface area contributed by atoms with Gasteiger partial charge in [0.2, 0.25) is 0 Å². The van der Waals surface area contributed by atoms with Crippen molar-refractivity contribution >= 4 is 27.8 Å². The number of pyridine rings is 2. The van der Waals surface area contributed by atoms with Gasteiger partial charge in [-0.1, -0.05) is 12.1 Å². The first-order valence-electron chi connectivity index (χ1n) is 12.2. The van der Waals surface area contributed by atoms with Gasteiger partial charge in [0.15, 0.2) is 0 Å². The Hall–Kier alpha value is -4.28. The van der Waals surface area contributed by atoms with Crippen LogP contribution in [0.2, 0.25) is 0 Å². The lowest BCUT2D eigenvalue weighted by Gasteiger charge is -2.29. The summed E-state index contributed by atoms with van der Waals surface area (Å²) in [5.74, 6) is 0.409. The number of methoxy groups -OCH3 is 1. The number of benzene rings is 1. The van der Waals surface area contributed by atoms with Crippen molar-refractivity contribution in [1.82, 2.24) is 35.4 Å². The van der Waals surface area contributed by atoms with Crippen molar-refractivity contribution in [3.63, 3.8) is 0 Å². The summed E-state index contributed by atoms with van der Waals surface area (Å²) in [5.41, 5.74) is 5.60. The molecule has 1 fully saturated rings. The summed E-state index contributed by atoms with van der Waals surface area (Å²) in [6.45, 7) is 1.30. The van der Waals surface area contributed by atoms with Crippen LogP contribution in [0.3, 0.4) is 0 Å². The number of hydrogen-bond donors (Lipinski definition) is 4. The number of ether oxygens (including phenoxy) is 1. The number of aliphatic hydroxyl groups is 1. The van der Waals surface area contributed by atoms with Gasteiger partial charge >= 0.3 is 0 Å². The molecule has 10 nitrogen and oxygen atoms in total. The third kappa shape index (κ3) is 4.20. The van der Waals surface area contributed by atoms with Crippen molar-refractivity contribution in [3.8, 4) is 28.1 Å². The van der Waals surface area contributed by atoms with Crippen LogP contribution in [0.15, 0.2) is 55.1 Å². The Bertz CT molecular complexity index is 1610. The van der Waals surface area contributed by atoms with Crippen LogP contribution >= 0.6 is 0 Å². The lowest BCUT2D eigenvalue weighted by molar-refractivity contribution is 0.0755. The number of piperidine rings is 1. The Morgan fingerprint density at radius 3 is 2.73 bits per heavy atom. The van der Waals surface area contributed by atoms with Crippen molar-refractivity contribution in [3.05, 3.63) is 60.7 Å². The highest BCUT2D eigenvalue weighted by Gasteiger charge is 2.25. The maximum absolute atomic E-state index is 12.8. The topological polar surface area (TPSA) is 130 Å². The second-order valence-corrected chi connectivity index (χ2v) is 9.29. The fraction of sp³-hybridized carbons (Fsp3) is 0.259. The highest BCUT2D eigenvalue weighted by molar-refractivity contribution is 6.14. The summed E-state index contributed by atoms with van der Waals surface area (Å²) >= 11 is 0. The SMILES string of the molecule is COc1cnc2[nH]c3cnc(-c4cnn(C)c4)cc3c2c1-c1ccc(C(=O)N[C@H]2CNCC[C@H]2O)cc1. The maximum atomic E-state index is 12.8. The first kappa shape index (κ1) is 23.1. The van der Waals surface area contributed by atoms with Gasteiger partial charge in [-0.05, 0) is 36.7 Å². The van der Waals surface area contributed by atoms with Gasteiger partial charge in [-0.2, -0.15) is 5.10 Å². The maximum Gasteiger partial charge on any atom is 0.251 e. The predicted molar refractivity (Wildman–Crippen MR) is 140 cm³/mol. The fourth-order valence-electron chi connectivity index (χ4n) is 4.92. The predicted octanol–water partition coefficient (Wildman–Crippen LogP) is 2.64. The third-order valence-corrected chi connectivity index (χ3v) is 6.89. The van der Waals surface area contributed by atoms with Crippen LogP contribution in [0.1, 0.15) is 16.8 Å². The molecule has 0 aliphatic carbocycles. The zero-order valence-corrected chi connectivity index (χ0v) is 20.5. The Morgan fingerprint density at radius 1 is 1.16 bits per heavy atom. The van der Waals surface area contributed by atoms with E-state index < -0.39 is 6.10 Å². The number of aliphatic hydroxyl groups excluding tert-OH is 1. The molecule has 1 aromatic carbocycles. The normalized spacial score (nSPS) is 17.8. The molecule has 5 heterocycles. The second kappa shape index (κ2) is 9.30. The van der Waals surface area contributed by atoms with Crippen LogP contribution in [0, 0.1) is 0 Å². The lowest BCUT2D eigenvalue weighted by atomic mass is 9.98. The highest BCUT2D eigenvalue weighted by Crippen LogP contribution is 2.40. The van der Waals surface area contributed by atoms with E-state index in [0.29, 0.717) is 24.3 Å². The Balaban J connectivity index is 1.41. The number of rotatable bonds is 5. The molecular weight excluding hydrogens is 470 g/mol. The number of fused-ring (bicyclic) bond motifs is 3. The van der Waals surface area contributed by atoms with Crippen molar-refractivity contribution in [2.75, 3.05) is 20.2 Å². The zero-order valence-electron chi connectivity index (χ0n) is 20.5. The second-order valence-electron chi connectivity index (χ2n) is 9.29. The molecule has 2 atom stereocenters. The number of carbonyl (C=O) groups excluding carboxylic acids is 1. The third-order valence-electron chi connectivity index (χ3n) is 6.89. The summed E-state index contributed by atoms with van der Waals surface area (Å²) in [6, 6.07) is 9.11. The van der Waals surface area contributed by atoms with E-state index >= 15 is 0 Å². The van der Waals surface area contributed by atoms with E-state index in [1.165, 1.54) is 0 Å². The molecule has 1 saturated heterocycles. The summed E-state index contributed by atoms with van der Waals surface area (Å²) in [6.07, 6.45) is 7.28. The van der Waals surface area contributed by atoms with Gasteiger partial charge in [0.1, 0.15) is 11.4 Å². The number of aromatic amines is 1. The molecule has 188 valence electrons. The summed E-state index contributed by atoms with van der Waals surface area (Å²) in [7, 11) is 3.49. The van der Waals surface area contributed by atoms with Crippen LogP contribution in [-0.4, -0.2) is 68.1 Å². The van der Waals surface area contributed by atoms with Gasteiger partial charge in [-0.3, -0.25) is 14.5 Å². The van der Waals surface area contributed by atoms with Gasteiger partial charge in [0, 0.05) is 47.3 Å². The molecule has 4 aromatic heterocycles. The van der Waals surface area contributed by atoms with Crippen LogP contribution in [-0.2, 0) is 7.05 Å².